The lowest BCUT2D eigenvalue weighted by Gasteiger charge is -2.17. The fraction of sp³-hybridized carbons (Fsp3) is 0.421. The van der Waals surface area contributed by atoms with Gasteiger partial charge in [0.25, 0.3) is 5.91 Å². The average molecular weight is 344 g/mol. The number of nitrogens with one attached hydrogen (secondary N) is 1. The number of hydrogen-bond acceptors (Lipinski definition) is 4. The maximum Gasteiger partial charge on any atom is 0.303 e. The summed E-state index contributed by atoms with van der Waals surface area (Å²) < 4.78 is 5.24. The Morgan fingerprint density at radius 1 is 1.24 bits per heavy atom. The lowest BCUT2D eigenvalue weighted by atomic mass is 9.93. The van der Waals surface area contributed by atoms with Crippen molar-refractivity contribution in [3.05, 3.63) is 53.4 Å². The molecule has 134 valence electrons. The van der Waals surface area contributed by atoms with E-state index in [2.05, 4.69) is 10.5 Å². The predicted octanol–water partition coefficient (Wildman–Crippen LogP) is 3.18. The minimum Gasteiger partial charge on any atom is -0.481 e. The van der Waals surface area contributed by atoms with Gasteiger partial charge < -0.3 is 14.9 Å². The first-order valence-electron chi connectivity index (χ1n) is 8.29. The first-order valence-corrected chi connectivity index (χ1v) is 8.29. The Morgan fingerprint density at radius 3 is 2.48 bits per heavy atom. The molecule has 6 nitrogen and oxygen atoms in total. The second-order valence-electron chi connectivity index (χ2n) is 7.12. The van der Waals surface area contributed by atoms with Gasteiger partial charge in [-0.1, -0.05) is 56.3 Å². The van der Waals surface area contributed by atoms with Crippen LogP contribution in [0, 0.1) is 0 Å². The van der Waals surface area contributed by atoms with Gasteiger partial charge in [-0.15, -0.1) is 0 Å². The van der Waals surface area contributed by atoms with Crippen LogP contribution in [-0.4, -0.2) is 28.2 Å². The van der Waals surface area contributed by atoms with Gasteiger partial charge in [0, 0.05) is 23.9 Å². The number of carboxylic acid groups (broad SMARTS) is 1. The number of nitrogens with zero attached hydrogens (tertiary/aromatic N) is 1. The largest absolute Gasteiger partial charge is 0.481 e. The summed E-state index contributed by atoms with van der Waals surface area (Å²) in [6, 6.07) is 11.0. The molecule has 1 unspecified atom stereocenters. The van der Waals surface area contributed by atoms with Gasteiger partial charge in [0.2, 0.25) is 0 Å². The van der Waals surface area contributed by atoms with Crippen molar-refractivity contribution in [3.63, 3.8) is 0 Å². The van der Waals surface area contributed by atoms with Gasteiger partial charge in [0.1, 0.15) is 5.76 Å². The Hall–Kier alpha value is -2.63. The van der Waals surface area contributed by atoms with E-state index in [-0.39, 0.29) is 29.5 Å². The Balaban J connectivity index is 2.07. The van der Waals surface area contributed by atoms with Crippen molar-refractivity contribution < 1.29 is 19.2 Å². The van der Waals surface area contributed by atoms with E-state index in [9.17, 15) is 9.59 Å². The molecule has 1 aromatic heterocycles. The van der Waals surface area contributed by atoms with Crippen LogP contribution in [-0.2, 0) is 16.6 Å². The van der Waals surface area contributed by atoms with Crippen LogP contribution in [0.5, 0.6) is 0 Å². The summed E-state index contributed by atoms with van der Waals surface area (Å²) in [4.78, 5) is 23.3. The number of rotatable bonds is 7. The molecule has 0 aliphatic rings. The van der Waals surface area contributed by atoms with E-state index in [1.165, 1.54) is 0 Å². The third kappa shape index (κ3) is 5.74. The molecular formula is C19H24N2O4. The van der Waals surface area contributed by atoms with Gasteiger partial charge in [0.15, 0.2) is 5.69 Å². The molecule has 1 heterocycles. The predicted molar refractivity (Wildman–Crippen MR) is 93.5 cm³/mol. The van der Waals surface area contributed by atoms with Crippen LogP contribution in [0.3, 0.4) is 0 Å². The molecule has 2 N–H and O–H groups in total. The number of carboxylic acids is 1. The van der Waals surface area contributed by atoms with Crippen LogP contribution in [0.15, 0.2) is 40.9 Å². The van der Waals surface area contributed by atoms with E-state index >= 15 is 0 Å². The van der Waals surface area contributed by atoms with Crippen molar-refractivity contribution in [1.82, 2.24) is 10.5 Å². The number of carbonyl (C=O) groups is 2. The minimum atomic E-state index is -0.885. The molecule has 0 saturated heterocycles. The third-order valence-corrected chi connectivity index (χ3v) is 3.85. The van der Waals surface area contributed by atoms with Gasteiger partial charge >= 0.3 is 5.97 Å². The Labute approximate surface area is 147 Å². The zero-order chi connectivity index (χ0) is 18.4. The topological polar surface area (TPSA) is 92.4 Å². The van der Waals surface area contributed by atoms with E-state index in [1.807, 2.05) is 51.1 Å². The van der Waals surface area contributed by atoms with Crippen LogP contribution in [0.25, 0.3) is 0 Å². The Kier molecular flexibility index (Phi) is 5.96. The average Bonchev–Trinajstić information content (AvgIpc) is 3.04. The molecule has 2 aromatic rings. The van der Waals surface area contributed by atoms with Gasteiger partial charge in [-0.2, -0.15) is 0 Å². The lowest BCUT2D eigenvalue weighted by molar-refractivity contribution is -0.137. The van der Waals surface area contributed by atoms with Crippen molar-refractivity contribution >= 4 is 11.9 Å². The summed E-state index contributed by atoms with van der Waals surface area (Å²) >= 11 is 0. The van der Waals surface area contributed by atoms with Crippen molar-refractivity contribution in [2.45, 2.75) is 51.5 Å². The molecule has 25 heavy (non-hydrogen) atoms. The van der Waals surface area contributed by atoms with E-state index < -0.39 is 5.97 Å². The summed E-state index contributed by atoms with van der Waals surface area (Å²) in [5, 5.41) is 15.6. The first kappa shape index (κ1) is 18.7. The number of aromatic nitrogens is 1. The number of carbonyl (C=O) groups excluding carboxylic acids is 1. The second-order valence-corrected chi connectivity index (χ2v) is 7.12. The summed E-state index contributed by atoms with van der Waals surface area (Å²) in [6.07, 6.45) is 0.896. The van der Waals surface area contributed by atoms with Gasteiger partial charge in [-0.05, 0) is 18.4 Å². The quantitative estimate of drug-likeness (QED) is 0.805. The van der Waals surface area contributed by atoms with Gasteiger partial charge in [0.05, 0.1) is 0 Å². The van der Waals surface area contributed by atoms with Gasteiger partial charge in [-0.25, -0.2) is 0 Å². The van der Waals surface area contributed by atoms with Crippen molar-refractivity contribution in [1.29, 1.82) is 0 Å². The summed E-state index contributed by atoms with van der Waals surface area (Å²) in [6.45, 7) is 5.92. The molecule has 0 aliphatic heterocycles. The SMILES string of the molecule is CC(C)(C)c1cc(C(=O)NC(CCC(=O)O)Cc2ccccc2)no1. The molecule has 1 atom stereocenters. The van der Waals surface area contributed by atoms with Gasteiger partial charge in [-0.3, -0.25) is 9.59 Å². The molecule has 0 spiro atoms. The van der Waals surface area contributed by atoms with E-state index in [4.69, 9.17) is 9.63 Å². The Morgan fingerprint density at radius 2 is 1.92 bits per heavy atom. The number of aliphatic carboxylic acids is 1. The van der Waals surface area contributed by atoms with Crippen molar-refractivity contribution in [2.24, 2.45) is 0 Å². The smallest absolute Gasteiger partial charge is 0.303 e. The molecule has 6 heteroatoms. The standard InChI is InChI=1S/C19H24N2O4/c1-19(2,3)16-12-15(21-25-16)18(24)20-14(9-10-17(22)23)11-13-7-5-4-6-8-13/h4-8,12,14H,9-11H2,1-3H3,(H,20,24)(H,22,23). The number of hydrogen-bond donors (Lipinski definition) is 2. The lowest BCUT2D eigenvalue weighted by Crippen LogP contribution is -2.37. The molecule has 0 saturated carbocycles. The minimum absolute atomic E-state index is 0.0101. The maximum absolute atomic E-state index is 12.4. The maximum atomic E-state index is 12.4. The van der Waals surface area contributed by atoms with Crippen molar-refractivity contribution in [3.8, 4) is 0 Å². The number of amides is 1. The fourth-order valence-electron chi connectivity index (χ4n) is 2.42. The summed E-state index contributed by atoms with van der Waals surface area (Å²) in [7, 11) is 0. The van der Waals surface area contributed by atoms with Crippen LogP contribution < -0.4 is 5.32 Å². The second kappa shape index (κ2) is 7.96. The zero-order valence-corrected chi connectivity index (χ0v) is 14.8. The molecule has 0 aliphatic carbocycles. The third-order valence-electron chi connectivity index (χ3n) is 3.85. The molecule has 0 bridgehead atoms. The molecule has 0 fully saturated rings. The molecule has 1 amide bonds. The molecular weight excluding hydrogens is 320 g/mol. The zero-order valence-electron chi connectivity index (χ0n) is 14.8. The highest BCUT2D eigenvalue weighted by atomic mass is 16.5. The van der Waals surface area contributed by atoms with Crippen LogP contribution in [0.4, 0.5) is 0 Å². The highest BCUT2D eigenvalue weighted by Crippen LogP contribution is 2.22. The summed E-state index contributed by atoms with van der Waals surface area (Å²) in [5.74, 6) is -0.614. The van der Waals surface area contributed by atoms with E-state index in [0.29, 0.717) is 18.6 Å². The van der Waals surface area contributed by atoms with Crippen molar-refractivity contribution in [2.75, 3.05) is 0 Å². The first-order chi connectivity index (χ1) is 11.8. The monoisotopic (exact) mass is 344 g/mol. The molecule has 0 radical (unpaired) electrons. The van der Waals surface area contributed by atoms with E-state index in [1.54, 1.807) is 6.07 Å². The van der Waals surface area contributed by atoms with Crippen LogP contribution >= 0.6 is 0 Å². The van der Waals surface area contributed by atoms with Crippen LogP contribution in [0.1, 0.15) is 55.4 Å². The number of benzene rings is 1. The van der Waals surface area contributed by atoms with E-state index in [0.717, 1.165) is 5.56 Å². The van der Waals surface area contributed by atoms with Crippen LogP contribution in [0.2, 0.25) is 0 Å². The highest BCUT2D eigenvalue weighted by molar-refractivity contribution is 5.92. The molecule has 1 aromatic carbocycles. The summed E-state index contributed by atoms with van der Waals surface area (Å²) in [5.41, 5.74) is 1.00. The fourth-order valence-corrected chi connectivity index (χ4v) is 2.42. The highest BCUT2D eigenvalue weighted by Gasteiger charge is 2.23. The normalized spacial score (nSPS) is 12.6. The Bertz CT molecular complexity index is 717. The molecule has 2 rings (SSSR count).